The average molecular weight is 416 g/mol. The molecule has 9 heteroatoms. The SMILES string of the molecule is Cc1ccc(-c2nnc([C@H](C)Oc3ccc4c(C(F)(F)F)cc(=O)oc4c3)o2)cc1. The van der Waals surface area contributed by atoms with E-state index >= 15 is 0 Å². The molecule has 4 aromatic rings. The Labute approximate surface area is 167 Å². The number of nitrogens with zero attached hydrogens (tertiary/aromatic N) is 2. The van der Waals surface area contributed by atoms with E-state index in [-0.39, 0.29) is 22.6 Å². The van der Waals surface area contributed by atoms with Gasteiger partial charge in [0.05, 0.1) is 5.56 Å². The van der Waals surface area contributed by atoms with Crippen molar-refractivity contribution in [3.8, 4) is 17.2 Å². The van der Waals surface area contributed by atoms with E-state index in [0.29, 0.717) is 12.0 Å². The number of halogens is 3. The lowest BCUT2D eigenvalue weighted by atomic mass is 10.1. The van der Waals surface area contributed by atoms with Crippen LogP contribution in [0.4, 0.5) is 13.2 Å². The Morgan fingerprint density at radius 2 is 1.73 bits per heavy atom. The highest BCUT2D eigenvalue weighted by atomic mass is 19.4. The minimum Gasteiger partial charge on any atom is -0.481 e. The molecular weight excluding hydrogens is 401 g/mol. The minimum absolute atomic E-state index is 0.188. The van der Waals surface area contributed by atoms with Crippen LogP contribution in [0.1, 0.15) is 30.0 Å². The van der Waals surface area contributed by atoms with Gasteiger partial charge in [-0.25, -0.2) is 4.79 Å². The van der Waals surface area contributed by atoms with Crippen molar-refractivity contribution in [1.29, 1.82) is 0 Å². The second kappa shape index (κ2) is 7.33. The van der Waals surface area contributed by atoms with Gasteiger partial charge in [0.2, 0.25) is 5.89 Å². The van der Waals surface area contributed by atoms with E-state index in [9.17, 15) is 18.0 Å². The van der Waals surface area contributed by atoms with Crippen LogP contribution in [0.15, 0.2) is 62.2 Å². The Morgan fingerprint density at radius 3 is 2.43 bits per heavy atom. The second-order valence-corrected chi connectivity index (χ2v) is 6.71. The van der Waals surface area contributed by atoms with Gasteiger partial charge in [0.15, 0.2) is 6.10 Å². The van der Waals surface area contributed by atoms with E-state index < -0.39 is 23.5 Å². The van der Waals surface area contributed by atoms with Crippen LogP contribution in [0.3, 0.4) is 0 Å². The molecule has 0 radical (unpaired) electrons. The Kier molecular flexibility index (Phi) is 4.81. The molecule has 0 spiro atoms. The molecule has 0 aliphatic rings. The van der Waals surface area contributed by atoms with E-state index in [2.05, 4.69) is 10.2 Å². The molecule has 2 aromatic carbocycles. The third kappa shape index (κ3) is 3.91. The maximum atomic E-state index is 13.2. The average Bonchev–Trinajstić information content (AvgIpc) is 3.17. The van der Waals surface area contributed by atoms with Crippen molar-refractivity contribution in [2.24, 2.45) is 0 Å². The topological polar surface area (TPSA) is 78.4 Å². The number of hydrogen-bond acceptors (Lipinski definition) is 6. The summed E-state index contributed by atoms with van der Waals surface area (Å²) in [4.78, 5) is 11.5. The third-order valence-corrected chi connectivity index (χ3v) is 4.42. The summed E-state index contributed by atoms with van der Waals surface area (Å²) in [5.74, 6) is 0.698. The molecule has 1 atom stereocenters. The van der Waals surface area contributed by atoms with Crippen LogP contribution in [0.2, 0.25) is 0 Å². The van der Waals surface area contributed by atoms with Crippen LogP contribution in [0.25, 0.3) is 22.4 Å². The first-order valence-corrected chi connectivity index (χ1v) is 8.93. The minimum atomic E-state index is -4.68. The first-order valence-electron chi connectivity index (χ1n) is 8.93. The maximum absolute atomic E-state index is 13.2. The van der Waals surface area contributed by atoms with Crippen LogP contribution in [0, 0.1) is 6.92 Å². The van der Waals surface area contributed by atoms with Gasteiger partial charge in [-0.15, -0.1) is 10.2 Å². The van der Waals surface area contributed by atoms with E-state index in [1.54, 1.807) is 6.92 Å². The fraction of sp³-hybridized carbons (Fsp3) is 0.190. The van der Waals surface area contributed by atoms with Crippen LogP contribution in [-0.2, 0) is 6.18 Å². The summed E-state index contributed by atoms with van der Waals surface area (Å²) in [5, 5.41) is 7.73. The van der Waals surface area contributed by atoms with E-state index in [1.807, 2.05) is 31.2 Å². The summed E-state index contributed by atoms with van der Waals surface area (Å²) in [7, 11) is 0. The first kappa shape index (κ1) is 19.7. The molecule has 0 saturated heterocycles. The van der Waals surface area contributed by atoms with Crippen molar-refractivity contribution in [1.82, 2.24) is 10.2 Å². The number of hydrogen-bond donors (Lipinski definition) is 0. The standard InChI is InChI=1S/C21H15F3N2O4/c1-11-3-5-13(6-4-11)20-26-25-19(30-20)12(2)28-14-7-8-15-16(21(22,23)24)10-18(27)29-17(15)9-14/h3-10,12H,1-2H3/t12-/m0/s1. The number of aromatic nitrogens is 2. The zero-order chi connectivity index (χ0) is 21.5. The van der Waals surface area contributed by atoms with Gasteiger partial charge < -0.3 is 13.6 Å². The van der Waals surface area contributed by atoms with E-state index in [1.165, 1.54) is 18.2 Å². The molecule has 0 bridgehead atoms. The van der Waals surface area contributed by atoms with Crippen LogP contribution >= 0.6 is 0 Å². The molecule has 2 aromatic heterocycles. The van der Waals surface area contributed by atoms with Gasteiger partial charge in [0, 0.05) is 23.1 Å². The smallest absolute Gasteiger partial charge is 0.417 e. The number of fused-ring (bicyclic) bond motifs is 1. The molecule has 154 valence electrons. The predicted molar refractivity (Wildman–Crippen MR) is 101 cm³/mol. The molecular formula is C21H15F3N2O4. The number of ether oxygens (including phenoxy) is 1. The Balaban J connectivity index is 1.60. The number of benzene rings is 2. The van der Waals surface area contributed by atoms with Gasteiger partial charge in [-0.2, -0.15) is 13.2 Å². The van der Waals surface area contributed by atoms with Crippen molar-refractivity contribution in [3.63, 3.8) is 0 Å². The number of alkyl halides is 3. The lowest BCUT2D eigenvalue weighted by Crippen LogP contribution is -2.11. The maximum Gasteiger partial charge on any atom is 0.417 e. The quantitative estimate of drug-likeness (QED) is 0.420. The molecule has 0 unspecified atom stereocenters. The van der Waals surface area contributed by atoms with Crippen molar-refractivity contribution in [2.75, 3.05) is 0 Å². The van der Waals surface area contributed by atoms with Crippen molar-refractivity contribution >= 4 is 11.0 Å². The lowest BCUT2D eigenvalue weighted by Gasteiger charge is -2.13. The highest BCUT2D eigenvalue weighted by Gasteiger charge is 2.34. The van der Waals surface area contributed by atoms with E-state index in [0.717, 1.165) is 11.1 Å². The monoisotopic (exact) mass is 416 g/mol. The lowest BCUT2D eigenvalue weighted by molar-refractivity contribution is -0.136. The highest BCUT2D eigenvalue weighted by molar-refractivity contribution is 5.82. The summed E-state index contributed by atoms with van der Waals surface area (Å²) in [6, 6.07) is 11.7. The fourth-order valence-electron chi connectivity index (χ4n) is 2.92. The molecule has 0 N–H and O–H groups in total. The van der Waals surface area contributed by atoms with Crippen molar-refractivity contribution < 1.29 is 26.7 Å². The number of rotatable bonds is 4. The fourth-order valence-corrected chi connectivity index (χ4v) is 2.92. The molecule has 0 aliphatic heterocycles. The number of aryl methyl sites for hydroxylation is 1. The Bertz CT molecular complexity index is 1260. The molecule has 6 nitrogen and oxygen atoms in total. The van der Waals surface area contributed by atoms with Crippen molar-refractivity contribution in [2.45, 2.75) is 26.1 Å². The molecule has 0 saturated carbocycles. The highest BCUT2D eigenvalue weighted by Crippen LogP contribution is 2.35. The zero-order valence-corrected chi connectivity index (χ0v) is 15.9. The van der Waals surface area contributed by atoms with E-state index in [4.69, 9.17) is 13.6 Å². The summed E-state index contributed by atoms with van der Waals surface area (Å²) in [6.07, 6.45) is -5.37. The van der Waals surface area contributed by atoms with Crippen LogP contribution in [0.5, 0.6) is 5.75 Å². The van der Waals surface area contributed by atoms with Gasteiger partial charge in [-0.1, -0.05) is 17.7 Å². The first-order chi connectivity index (χ1) is 14.2. The molecule has 0 fully saturated rings. The summed E-state index contributed by atoms with van der Waals surface area (Å²) >= 11 is 0. The van der Waals surface area contributed by atoms with Gasteiger partial charge in [-0.3, -0.25) is 0 Å². The van der Waals surface area contributed by atoms with Crippen LogP contribution < -0.4 is 10.4 Å². The molecule has 4 rings (SSSR count). The molecule has 2 heterocycles. The third-order valence-electron chi connectivity index (χ3n) is 4.42. The molecule has 30 heavy (non-hydrogen) atoms. The summed E-state index contributed by atoms with van der Waals surface area (Å²) in [6.45, 7) is 3.61. The van der Waals surface area contributed by atoms with Crippen molar-refractivity contribution in [3.05, 3.63) is 76.0 Å². The zero-order valence-electron chi connectivity index (χ0n) is 15.9. The Hall–Kier alpha value is -3.62. The van der Waals surface area contributed by atoms with Crippen LogP contribution in [-0.4, -0.2) is 10.2 Å². The molecule has 0 amide bonds. The second-order valence-electron chi connectivity index (χ2n) is 6.71. The largest absolute Gasteiger partial charge is 0.481 e. The Morgan fingerprint density at radius 1 is 1.00 bits per heavy atom. The predicted octanol–water partition coefficient (Wildman–Crippen LogP) is 5.31. The summed E-state index contributed by atoms with van der Waals surface area (Å²) in [5.41, 5.74) is -0.552. The van der Waals surface area contributed by atoms with Gasteiger partial charge in [-0.05, 0) is 38.1 Å². The normalized spacial score (nSPS) is 12.8. The van der Waals surface area contributed by atoms with Gasteiger partial charge >= 0.3 is 11.8 Å². The summed E-state index contributed by atoms with van der Waals surface area (Å²) < 4.78 is 55.7. The molecule has 0 aliphatic carbocycles. The van der Waals surface area contributed by atoms with Gasteiger partial charge in [0.25, 0.3) is 5.89 Å². The van der Waals surface area contributed by atoms with Gasteiger partial charge in [0.1, 0.15) is 11.3 Å².